The Hall–Kier alpha value is -1.24. The van der Waals surface area contributed by atoms with Crippen molar-refractivity contribution in [3.63, 3.8) is 0 Å². The lowest BCUT2D eigenvalue weighted by molar-refractivity contribution is 0.582. The summed E-state index contributed by atoms with van der Waals surface area (Å²) in [6.07, 6.45) is 2.72. The molecule has 0 saturated carbocycles. The van der Waals surface area contributed by atoms with Crippen molar-refractivity contribution in [2.24, 2.45) is 5.92 Å². The van der Waals surface area contributed by atoms with Gasteiger partial charge in [0, 0.05) is 6.54 Å². The average molecular weight is 244 g/mol. The lowest BCUT2D eigenvalue weighted by Gasteiger charge is -2.07. The number of anilines is 1. The number of hydrogen-bond donors (Lipinski definition) is 1. The van der Waals surface area contributed by atoms with Crippen LogP contribution in [0.5, 0.6) is 0 Å². The van der Waals surface area contributed by atoms with E-state index in [0.717, 1.165) is 0 Å². The monoisotopic (exact) mass is 244 g/mol. The molecule has 0 spiro atoms. The van der Waals surface area contributed by atoms with Crippen LogP contribution in [-0.2, 0) is 9.84 Å². The molecule has 0 aromatic carbocycles. The molecule has 0 unspecified atom stereocenters. The van der Waals surface area contributed by atoms with Gasteiger partial charge in [-0.15, -0.1) is 0 Å². The van der Waals surface area contributed by atoms with Gasteiger partial charge < -0.3 is 5.32 Å². The summed E-state index contributed by atoms with van der Waals surface area (Å²) in [7, 11) is -2.98. The number of sulfone groups is 1. The first-order valence-corrected chi connectivity index (χ1v) is 6.88. The highest BCUT2D eigenvalue weighted by Crippen LogP contribution is 2.01. The summed E-state index contributed by atoms with van der Waals surface area (Å²) in [5, 5.41) is 2.83. The van der Waals surface area contributed by atoms with E-state index in [0.29, 0.717) is 12.5 Å². The molecule has 1 rings (SSSR count). The van der Waals surface area contributed by atoms with E-state index in [1.54, 1.807) is 0 Å². The van der Waals surface area contributed by atoms with Crippen molar-refractivity contribution < 1.29 is 8.42 Å². The van der Waals surface area contributed by atoms with Crippen LogP contribution in [0.2, 0.25) is 0 Å². The highest BCUT2D eigenvalue weighted by Gasteiger charge is 2.12. The average Bonchev–Trinajstić information content (AvgIpc) is 2.16. The second-order valence-corrected chi connectivity index (χ2v) is 6.13. The molecule has 6 nitrogen and oxygen atoms in total. The van der Waals surface area contributed by atoms with Gasteiger partial charge in [0.2, 0.25) is 5.95 Å². The Labute approximate surface area is 95.5 Å². The van der Waals surface area contributed by atoms with E-state index in [2.05, 4.69) is 20.3 Å². The van der Waals surface area contributed by atoms with E-state index in [9.17, 15) is 8.42 Å². The second-order valence-electron chi connectivity index (χ2n) is 3.90. The Bertz CT molecular complexity index is 405. The fraction of sp³-hybridized carbons (Fsp3) is 0.667. The molecule has 1 heterocycles. The van der Waals surface area contributed by atoms with Gasteiger partial charge in [-0.25, -0.2) is 23.4 Å². The van der Waals surface area contributed by atoms with Gasteiger partial charge in [0.1, 0.15) is 12.7 Å². The molecule has 1 aromatic rings. The number of nitrogens with one attached hydrogen (secondary N) is 1. The minimum Gasteiger partial charge on any atom is -0.353 e. The highest BCUT2D eigenvalue weighted by molar-refractivity contribution is 7.91. The Morgan fingerprint density at radius 1 is 1.31 bits per heavy atom. The summed E-state index contributed by atoms with van der Waals surface area (Å²) in [5.41, 5.74) is 0. The SMILES string of the molecule is CC(C)CS(=O)(=O)CCNc1ncncn1. The molecule has 0 radical (unpaired) electrons. The lowest BCUT2D eigenvalue weighted by Crippen LogP contribution is -2.21. The summed E-state index contributed by atoms with van der Waals surface area (Å²) >= 11 is 0. The molecule has 0 aliphatic heterocycles. The van der Waals surface area contributed by atoms with Gasteiger partial charge in [0.05, 0.1) is 11.5 Å². The molecular formula is C9H16N4O2S. The van der Waals surface area contributed by atoms with Gasteiger partial charge in [-0.3, -0.25) is 0 Å². The normalized spacial score (nSPS) is 11.7. The van der Waals surface area contributed by atoms with Crippen LogP contribution >= 0.6 is 0 Å². The number of aromatic nitrogens is 3. The number of nitrogens with zero attached hydrogens (tertiary/aromatic N) is 3. The molecule has 0 aliphatic rings. The van der Waals surface area contributed by atoms with Crippen LogP contribution < -0.4 is 5.32 Å². The highest BCUT2D eigenvalue weighted by atomic mass is 32.2. The van der Waals surface area contributed by atoms with Crippen molar-refractivity contribution in [2.45, 2.75) is 13.8 Å². The predicted octanol–water partition coefficient (Wildman–Crippen LogP) is 0.354. The van der Waals surface area contributed by atoms with Crippen LogP contribution in [0, 0.1) is 5.92 Å². The fourth-order valence-corrected chi connectivity index (χ4v) is 2.84. The Morgan fingerprint density at radius 3 is 2.50 bits per heavy atom. The second kappa shape index (κ2) is 5.74. The first-order chi connectivity index (χ1) is 7.49. The van der Waals surface area contributed by atoms with Gasteiger partial charge in [0.15, 0.2) is 9.84 Å². The Morgan fingerprint density at radius 2 is 1.94 bits per heavy atom. The molecule has 0 bridgehead atoms. The van der Waals surface area contributed by atoms with Gasteiger partial charge in [-0.05, 0) is 5.92 Å². The first kappa shape index (κ1) is 12.8. The molecule has 0 atom stereocenters. The van der Waals surface area contributed by atoms with Gasteiger partial charge >= 0.3 is 0 Å². The Kier molecular flexibility index (Phi) is 4.60. The van der Waals surface area contributed by atoms with E-state index < -0.39 is 9.84 Å². The van der Waals surface area contributed by atoms with E-state index in [-0.39, 0.29) is 17.4 Å². The van der Waals surface area contributed by atoms with E-state index in [1.807, 2.05) is 13.8 Å². The van der Waals surface area contributed by atoms with Crippen LogP contribution in [0.25, 0.3) is 0 Å². The minimum atomic E-state index is -2.98. The summed E-state index contributed by atoms with van der Waals surface area (Å²) in [4.78, 5) is 11.3. The standard InChI is InChI=1S/C9H16N4O2S/c1-8(2)5-16(14,15)4-3-11-9-12-6-10-7-13-9/h6-8H,3-5H2,1-2H3,(H,10,11,12,13). The molecular weight excluding hydrogens is 228 g/mol. The molecule has 0 saturated heterocycles. The third-order valence-electron chi connectivity index (χ3n) is 1.78. The third kappa shape index (κ3) is 5.01. The third-order valence-corrected chi connectivity index (χ3v) is 3.78. The van der Waals surface area contributed by atoms with Crippen LogP contribution in [0.4, 0.5) is 5.95 Å². The number of hydrogen-bond acceptors (Lipinski definition) is 6. The predicted molar refractivity (Wildman–Crippen MR) is 61.8 cm³/mol. The summed E-state index contributed by atoms with van der Waals surface area (Å²) in [6.45, 7) is 4.09. The Balaban J connectivity index is 2.36. The van der Waals surface area contributed by atoms with Crippen molar-refractivity contribution in [2.75, 3.05) is 23.4 Å². The van der Waals surface area contributed by atoms with Crippen molar-refractivity contribution in [3.05, 3.63) is 12.7 Å². The molecule has 0 fully saturated rings. The van der Waals surface area contributed by atoms with Crippen molar-refractivity contribution in [1.29, 1.82) is 0 Å². The zero-order chi connectivity index (χ0) is 12.0. The van der Waals surface area contributed by atoms with Crippen molar-refractivity contribution in [3.8, 4) is 0 Å². The van der Waals surface area contributed by atoms with Crippen molar-refractivity contribution in [1.82, 2.24) is 15.0 Å². The van der Waals surface area contributed by atoms with Gasteiger partial charge in [0.25, 0.3) is 0 Å². The topological polar surface area (TPSA) is 84.8 Å². The smallest absolute Gasteiger partial charge is 0.225 e. The zero-order valence-corrected chi connectivity index (χ0v) is 10.2. The molecule has 1 aromatic heterocycles. The summed E-state index contributed by atoms with van der Waals surface area (Å²) < 4.78 is 23.1. The van der Waals surface area contributed by atoms with Crippen molar-refractivity contribution >= 4 is 15.8 Å². The minimum absolute atomic E-state index is 0.0941. The maximum absolute atomic E-state index is 11.5. The summed E-state index contributed by atoms with van der Waals surface area (Å²) in [6, 6.07) is 0. The number of rotatable bonds is 6. The maximum atomic E-state index is 11.5. The molecule has 0 aliphatic carbocycles. The molecule has 1 N–H and O–H groups in total. The maximum Gasteiger partial charge on any atom is 0.225 e. The van der Waals surface area contributed by atoms with E-state index in [4.69, 9.17) is 0 Å². The zero-order valence-electron chi connectivity index (χ0n) is 9.42. The van der Waals surface area contributed by atoms with Gasteiger partial charge in [-0.1, -0.05) is 13.8 Å². The van der Waals surface area contributed by atoms with Crippen LogP contribution in [-0.4, -0.2) is 41.4 Å². The van der Waals surface area contributed by atoms with Gasteiger partial charge in [-0.2, -0.15) is 0 Å². The molecule has 90 valence electrons. The lowest BCUT2D eigenvalue weighted by atomic mass is 10.3. The molecule has 16 heavy (non-hydrogen) atoms. The summed E-state index contributed by atoms with van der Waals surface area (Å²) in [5.74, 6) is 0.861. The largest absolute Gasteiger partial charge is 0.353 e. The van der Waals surface area contributed by atoms with Crippen LogP contribution in [0.15, 0.2) is 12.7 Å². The molecule has 0 amide bonds. The van der Waals surface area contributed by atoms with Crippen LogP contribution in [0.3, 0.4) is 0 Å². The van der Waals surface area contributed by atoms with E-state index in [1.165, 1.54) is 12.7 Å². The first-order valence-electron chi connectivity index (χ1n) is 5.06. The fourth-order valence-electron chi connectivity index (χ4n) is 1.24. The quantitative estimate of drug-likeness (QED) is 0.777. The van der Waals surface area contributed by atoms with E-state index >= 15 is 0 Å². The molecule has 7 heteroatoms. The van der Waals surface area contributed by atoms with Crippen LogP contribution in [0.1, 0.15) is 13.8 Å².